The molecule has 0 amide bonds. The van der Waals surface area contributed by atoms with E-state index in [-0.39, 0.29) is 34.1 Å². The monoisotopic (exact) mass is 702 g/mol. The summed E-state index contributed by atoms with van der Waals surface area (Å²) in [5.74, 6) is -0.163. The van der Waals surface area contributed by atoms with Gasteiger partial charge in [0, 0.05) is 14.2 Å². The number of imidazole rings is 2. The Balaban J connectivity index is 1.24. The van der Waals surface area contributed by atoms with E-state index in [0.29, 0.717) is 0 Å². The number of ether oxygens (including phenoxy) is 2. The Morgan fingerprint density at radius 1 is 0.851 bits per heavy atom. The van der Waals surface area contributed by atoms with Gasteiger partial charge in [-0.1, -0.05) is 0 Å². The first kappa shape index (κ1) is 32.1. The van der Waals surface area contributed by atoms with E-state index in [1.807, 2.05) is 0 Å². The predicted octanol–water partition coefficient (Wildman–Crippen LogP) is -1.03. The molecule has 0 aromatic carbocycles. The molecule has 3 aliphatic heterocycles. The van der Waals surface area contributed by atoms with Crippen LogP contribution in [0.2, 0.25) is 0 Å². The van der Waals surface area contributed by atoms with Crippen molar-refractivity contribution in [3.8, 4) is 0 Å². The van der Waals surface area contributed by atoms with Crippen LogP contribution in [-0.4, -0.2) is 113 Å². The maximum atomic E-state index is 13.9. The highest BCUT2D eigenvalue weighted by Crippen LogP contribution is 2.57. The summed E-state index contributed by atoms with van der Waals surface area (Å²) in [6.07, 6.45) is -7.88. The molecule has 47 heavy (non-hydrogen) atoms. The number of nitrogens with two attached hydrogens (primary N) is 2. The summed E-state index contributed by atoms with van der Waals surface area (Å²) in [7, 11) is -7.05. The van der Waals surface area contributed by atoms with Crippen LogP contribution < -0.4 is 17.0 Å². The lowest BCUT2D eigenvalue weighted by atomic mass is 10.1. The van der Waals surface area contributed by atoms with Gasteiger partial charge in [-0.3, -0.25) is 46.1 Å². The first-order valence-electron chi connectivity index (χ1n) is 13.7. The molecule has 3 saturated heterocycles. The van der Waals surface area contributed by atoms with Gasteiger partial charge in [0.1, 0.15) is 48.5 Å². The van der Waals surface area contributed by atoms with Crippen LogP contribution >= 0.6 is 15.6 Å². The van der Waals surface area contributed by atoms with Crippen molar-refractivity contribution in [1.82, 2.24) is 39.0 Å². The molecule has 10 unspecified atom stereocenters. The second kappa shape index (κ2) is 11.9. The van der Waals surface area contributed by atoms with Gasteiger partial charge < -0.3 is 31.2 Å². The van der Waals surface area contributed by atoms with Crippen molar-refractivity contribution in [3.63, 3.8) is 0 Å². The number of hydrogen-bond acceptors (Lipinski definition) is 20. The number of rotatable bonds is 4. The molecule has 7 heterocycles. The number of aliphatic hydroxyl groups is 2. The Morgan fingerprint density at radius 2 is 1.47 bits per heavy atom. The minimum absolute atomic E-state index is 0.0464. The van der Waals surface area contributed by atoms with Crippen LogP contribution in [0.5, 0.6) is 0 Å². The van der Waals surface area contributed by atoms with Crippen molar-refractivity contribution in [2.75, 3.05) is 38.9 Å². The van der Waals surface area contributed by atoms with Crippen LogP contribution in [0.1, 0.15) is 12.5 Å². The highest BCUT2D eigenvalue weighted by atomic mass is 31.2. The van der Waals surface area contributed by atoms with Crippen molar-refractivity contribution in [2.24, 2.45) is 0 Å². The molecule has 7 rings (SSSR count). The number of anilines is 2. The lowest BCUT2D eigenvalue weighted by molar-refractivity contribution is -0.0690. The number of nitrogen functional groups attached to an aromatic ring is 2. The molecule has 3 fully saturated rings. The van der Waals surface area contributed by atoms with E-state index in [1.54, 1.807) is 0 Å². The summed E-state index contributed by atoms with van der Waals surface area (Å²) in [4.78, 5) is 35.0. The van der Waals surface area contributed by atoms with Gasteiger partial charge in [0.05, 0.1) is 25.9 Å². The topological polar surface area (TPSA) is 308 Å². The lowest BCUT2D eigenvalue weighted by Crippen LogP contribution is -2.36. The Kier molecular flexibility index (Phi) is 8.14. The standard InChI is InChI=1S/C22H28N10O13P2/c1-38-46(36)40-3-8-12(33)15(21(42-8)31-6-27-10-16(23)25-5-26-17(10)31)45-47(37,39-2)41-4-9-14(44-46)13(34)20(43-9)32-7-28-11-18(32)29-22(24)30-19(11)35/h5-9,12-15,20-21,33-34H,3-4H2,1-2H3,(H2,23,25,26)(H3,24,29,30,35). The fourth-order valence-electron chi connectivity index (χ4n) is 5.47. The highest BCUT2D eigenvalue weighted by Gasteiger charge is 2.54. The number of nitrogens with zero attached hydrogens (tertiary/aromatic N) is 7. The summed E-state index contributed by atoms with van der Waals surface area (Å²) in [5, 5.41) is 22.6. The third-order valence-electron chi connectivity index (χ3n) is 7.75. The Bertz CT molecular complexity index is 1970. The van der Waals surface area contributed by atoms with Crippen molar-refractivity contribution in [1.29, 1.82) is 0 Å². The molecule has 2 bridgehead atoms. The van der Waals surface area contributed by atoms with Gasteiger partial charge in [-0.15, -0.1) is 0 Å². The first-order chi connectivity index (χ1) is 22.4. The third kappa shape index (κ3) is 5.53. The maximum absolute atomic E-state index is 13.9. The van der Waals surface area contributed by atoms with Crippen LogP contribution in [0, 0.1) is 0 Å². The van der Waals surface area contributed by atoms with Crippen molar-refractivity contribution in [3.05, 3.63) is 29.3 Å². The normalized spacial score (nSPS) is 36.6. The molecule has 254 valence electrons. The van der Waals surface area contributed by atoms with Gasteiger partial charge in [-0.05, 0) is 0 Å². The van der Waals surface area contributed by atoms with E-state index in [0.717, 1.165) is 14.2 Å². The number of aromatic nitrogens is 8. The van der Waals surface area contributed by atoms with Crippen LogP contribution in [-0.2, 0) is 45.7 Å². The molecule has 0 radical (unpaired) electrons. The van der Waals surface area contributed by atoms with E-state index < -0.39 is 83.5 Å². The number of H-pyrrole nitrogens is 1. The fourth-order valence-corrected chi connectivity index (χ4v) is 7.72. The highest BCUT2D eigenvalue weighted by molar-refractivity contribution is 7.48. The van der Waals surface area contributed by atoms with E-state index in [4.69, 9.17) is 48.1 Å². The van der Waals surface area contributed by atoms with E-state index in [9.17, 15) is 24.1 Å². The van der Waals surface area contributed by atoms with Crippen molar-refractivity contribution in [2.45, 2.75) is 49.1 Å². The number of hydrogen-bond donors (Lipinski definition) is 5. The molecule has 7 N–H and O–H groups in total. The molecule has 3 aliphatic rings. The lowest BCUT2D eigenvalue weighted by Gasteiger charge is -2.27. The molecular weight excluding hydrogens is 674 g/mol. The van der Waals surface area contributed by atoms with Gasteiger partial charge in [-0.2, -0.15) is 4.98 Å². The number of phosphoric acid groups is 2. The van der Waals surface area contributed by atoms with Gasteiger partial charge in [0.2, 0.25) is 5.95 Å². The summed E-state index contributed by atoms with van der Waals surface area (Å²) >= 11 is 0. The predicted molar refractivity (Wildman–Crippen MR) is 153 cm³/mol. The Labute approximate surface area is 262 Å². The van der Waals surface area contributed by atoms with Crippen molar-refractivity contribution >= 4 is 49.7 Å². The number of nitrogens with one attached hydrogen (secondary N) is 1. The minimum atomic E-state index is -4.58. The average molecular weight is 702 g/mol. The maximum Gasteiger partial charge on any atom is 0.475 e. The number of aliphatic hydroxyl groups excluding tert-OH is 2. The fraction of sp³-hybridized carbons (Fsp3) is 0.545. The Hall–Kier alpha value is -3.44. The van der Waals surface area contributed by atoms with Gasteiger partial charge in [0.25, 0.3) is 5.56 Å². The van der Waals surface area contributed by atoms with Gasteiger partial charge in [-0.25, -0.2) is 29.1 Å². The van der Waals surface area contributed by atoms with Crippen LogP contribution in [0.25, 0.3) is 22.3 Å². The molecule has 0 saturated carbocycles. The van der Waals surface area contributed by atoms with E-state index in [2.05, 4.69) is 29.9 Å². The van der Waals surface area contributed by atoms with Crippen molar-refractivity contribution < 1.29 is 56.0 Å². The van der Waals surface area contributed by atoms with Gasteiger partial charge in [0.15, 0.2) is 35.1 Å². The van der Waals surface area contributed by atoms with Crippen LogP contribution in [0.4, 0.5) is 11.8 Å². The summed E-state index contributed by atoms with van der Waals surface area (Å²) in [5.41, 5.74) is 11.2. The zero-order chi connectivity index (χ0) is 33.2. The SMILES string of the molecule is COP1(=O)OCC2OC(n3cnc4c(N)ncnc43)C(OP(=O)(OC)OCC3OC(n4cnc5c(=O)[nH]c(N)nc54)C(O)C3O1)C2O. The van der Waals surface area contributed by atoms with Crippen LogP contribution in [0.3, 0.4) is 0 Å². The van der Waals surface area contributed by atoms with Crippen LogP contribution in [0.15, 0.2) is 23.8 Å². The second-order valence-electron chi connectivity index (χ2n) is 10.5. The molecule has 4 aromatic rings. The van der Waals surface area contributed by atoms with Gasteiger partial charge >= 0.3 is 15.6 Å². The first-order valence-corrected chi connectivity index (χ1v) is 16.7. The third-order valence-corrected chi connectivity index (χ3v) is 10.6. The Morgan fingerprint density at radius 3 is 2.17 bits per heavy atom. The zero-order valence-electron chi connectivity index (χ0n) is 24.3. The number of fused-ring (bicyclic) bond motifs is 5. The zero-order valence-corrected chi connectivity index (χ0v) is 26.1. The second-order valence-corrected chi connectivity index (χ2v) is 13.9. The molecule has 4 aromatic heterocycles. The van der Waals surface area contributed by atoms with E-state index >= 15 is 0 Å². The molecule has 0 spiro atoms. The molecule has 0 aliphatic carbocycles. The van der Waals surface area contributed by atoms with E-state index in [1.165, 1.54) is 28.1 Å². The average Bonchev–Trinajstić information content (AvgIpc) is 3.81. The molecule has 10 atom stereocenters. The quantitative estimate of drug-likeness (QED) is 0.159. The number of phosphoric ester groups is 2. The smallest absolute Gasteiger partial charge is 0.387 e. The number of aromatic amines is 1. The minimum Gasteiger partial charge on any atom is -0.387 e. The summed E-state index contributed by atoms with van der Waals surface area (Å²) < 4.78 is 75.0. The largest absolute Gasteiger partial charge is 0.475 e. The summed E-state index contributed by atoms with van der Waals surface area (Å²) in [6.45, 7) is -1.27. The molecule has 23 nitrogen and oxygen atoms in total. The summed E-state index contributed by atoms with van der Waals surface area (Å²) in [6, 6.07) is 0. The molecule has 25 heteroatoms. The molecular formula is C22H28N10O13P2.